The number of carbonyl (C=O) groups is 1. The van der Waals surface area contributed by atoms with Gasteiger partial charge in [0.2, 0.25) is 0 Å². The molecule has 1 radical (unpaired) electrons. The number of ether oxygens (including phenoxy) is 2. The van der Waals surface area contributed by atoms with Gasteiger partial charge in [-0.25, -0.2) is 0 Å². The lowest BCUT2D eigenvalue weighted by Gasteiger charge is -2.30. The van der Waals surface area contributed by atoms with Crippen LogP contribution in [-0.4, -0.2) is 26.3 Å². The Morgan fingerprint density at radius 3 is 2.07 bits per heavy atom. The van der Waals surface area contributed by atoms with Gasteiger partial charge in [0.15, 0.2) is 0 Å². The van der Waals surface area contributed by atoms with Crippen molar-refractivity contribution in [1.82, 2.24) is 0 Å². The molecule has 4 heteroatoms. The quantitative estimate of drug-likeness (QED) is 0.551. The summed E-state index contributed by atoms with van der Waals surface area (Å²) in [7, 11) is 1.72. The van der Waals surface area contributed by atoms with Gasteiger partial charge in [0.1, 0.15) is 5.60 Å². The summed E-state index contributed by atoms with van der Waals surface area (Å²) in [6.45, 7) is 12.3. The number of rotatable bonds is 4. The van der Waals surface area contributed by atoms with Crippen molar-refractivity contribution >= 4 is 14.0 Å². The van der Waals surface area contributed by atoms with E-state index in [2.05, 4.69) is 26.8 Å². The Morgan fingerprint density at radius 2 is 1.80 bits per heavy atom. The van der Waals surface area contributed by atoms with Gasteiger partial charge in [-0.05, 0) is 20.8 Å². The largest absolute Gasteiger partial charge is 0.460 e. The Hall–Kier alpha value is -0.353. The summed E-state index contributed by atoms with van der Waals surface area (Å²) in [6.07, 6.45) is 0. The minimum atomic E-state index is -1.61. The van der Waals surface area contributed by atoms with Crippen LogP contribution in [-0.2, 0) is 14.3 Å². The molecule has 0 aliphatic rings. The molecule has 89 valence electrons. The monoisotopic (exact) mass is 231 g/mol. The summed E-state index contributed by atoms with van der Waals surface area (Å²) < 4.78 is 10.2. The van der Waals surface area contributed by atoms with Crippen molar-refractivity contribution in [1.29, 1.82) is 0 Å². The van der Waals surface area contributed by atoms with Gasteiger partial charge in [0.25, 0.3) is 0 Å². The van der Waals surface area contributed by atoms with Gasteiger partial charge in [-0.2, -0.15) is 0 Å². The Morgan fingerprint density at radius 1 is 1.33 bits per heavy atom. The standard InChI is InChI=1S/C11H23O3Si/c1-11(2,3)14-10(12)9(8-13-4)15(5,6)7/h9H,4,8H2,1-3,5-7H3. The summed E-state index contributed by atoms with van der Waals surface area (Å²) in [6, 6.07) is 0. The van der Waals surface area contributed by atoms with E-state index in [1.165, 1.54) is 0 Å². The predicted octanol–water partition coefficient (Wildman–Crippen LogP) is 2.84. The van der Waals surface area contributed by atoms with E-state index >= 15 is 0 Å². The third-order valence-corrected chi connectivity index (χ3v) is 4.51. The van der Waals surface area contributed by atoms with Gasteiger partial charge in [0, 0.05) is 0 Å². The van der Waals surface area contributed by atoms with E-state index in [1.807, 2.05) is 20.8 Å². The van der Waals surface area contributed by atoms with Crippen molar-refractivity contribution in [3.8, 4) is 0 Å². The first-order valence-electron chi connectivity index (χ1n) is 5.18. The molecule has 3 nitrogen and oxygen atoms in total. The second-order valence-corrected chi connectivity index (χ2v) is 11.3. The highest BCUT2D eigenvalue weighted by atomic mass is 28.3. The van der Waals surface area contributed by atoms with Gasteiger partial charge >= 0.3 is 5.97 Å². The molecule has 0 aliphatic carbocycles. The molecule has 1 unspecified atom stereocenters. The fourth-order valence-electron chi connectivity index (χ4n) is 1.16. The minimum Gasteiger partial charge on any atom is -0.460 e. The second kappa shape index (κ2) is 5.12. The van der Waals surface area contributed by atoms with Gasteiger partial charge in [0.05, 0.1) is 27.3 Å². The Balaban J connectivity index is 4.58. The van der Waals surface area contributed by atoms with Crippen LogP contribution in [0.15, 0.2) is 0 Å². The summed E-state index contributed by atoms with van der Waals surface area (Å²) in [5, 5.41) is 0. The molecular formula is C11H23O3Si. The number of esters is 1. The molecule has 0 aromatic carbocycles. The molecule has 0 aliphatic heterocycles. The topological polar surface area (TPSA) is 35.5 Å². The van der Waals surface area contributed by atoms with Crippen molar-refractivity contribution in [2.45, 2.75) is 51.6 Å². The maximum absolute atomic E-state index is 11.9. The summed E-state index contributed by atoms with van der Waals surface area (Å²) in [5.74, 6) is -0.162. The van der Waals surface area contributed by atoms with Crippen LogP contribution in [0.5, 0.6) is 0 Å². The van der Waals surface area contributed by atoms with Gasteiger partial charge in [-0.15, -0.1) is 0 Å². The average molecular weight is 231 g/mol. The van der Waals surface area contributed by atoms with Crippen molar-refractivity contribution in [2.75, 3.05) is 6.61 Å². The van der Waals surface area contributed by atoms with E-state index in [1.54, 1.807) is 0 Å². The summed E-state index contributed by atoms with van der Waals surface area (Å²) in [5.41, 5.74) is -0.579. The first-order chi connectivity index (χ1) is 6.58. The van der Waals surface area contributed by atoms with Crippen LogP contribution in [0.2, 0.25) is 25.2 Å². The third kappa shape index (κ3) is 5.94. The van der Waals surface area contributed by atoms with Crippen molar-refractivity contribution < 1.29 is 14.3 Å². The van der Waals surface area contributed by atoms with E-state index in [9.17, 15) is 4.79 Å². The zero-order valence-corrected chi connectivity index (χ0v) is 11.7. The highest BCUT2D eigenvalue weighted by molar-refractivity contribution is 6.80. The molecular weight excluding hydrogens is 208 g/mol. The second-order valence-electron chi connectivity index (χ2n) is 5.82. The molecule has 0 amide bonds. The van der Waals surface area contributed by atoms with E-state index in [0.29, 0.717) is 6.61 Å². The van der Waals surface area contributed by atoms with E-state index in [4.69, 9.17) is 9.47 Å². The maximum Gasteiger partial charge on any atom is 0.308 e. The molecule has 0 heterocycles. The van der Waals surface area contributed by atoms with Crippen LogP contribution in [0.3, 0.4) is 0 Å². The average Bonchev–Trinajstić information content (AvgIpc) is 1.93. The zero-order valence-electron chi connectivity index (χ0n) is 10.7. The number of hydrogen-bond donors (Lipinski definition) is 0. The van der Waals surface area contributed by atoms with Gasteiger partial charge in [-0.3, -0.25) is 4.79 Å². The van der Waals surface area contributed by atoms with E-state index < -0.39 is 13.7 Å². The van der Waals surface area contributed by atoms with Crippen LogP contribution >= 0.6 is 0 Å². The molecule has 0 N–H and O–H groups in total. The Bertz CT molecular complexity index is 213. The number of carbonyl (C=O) groups excluding carboxylic acids is 1. The smallest absolute Gasteiger partial charge is 0.308 e. The fourth-order valence-corrected chi connectivity index (χ4v) is 2.55. The lowest BCUT2D eigenvalue weighted by molar-refractivity contribution is -0.155. The first-order valence-corrected chi connectivity index (χ1v) is 8.75. The predicted molar refractivity (Wildman–Crippen MR) is 64.3 cm³/mol. The molecule has 1 atom stereocenters. The van der Waals surface area contributed by atoms with Crippen molar-refractivity contribution in [3.63, 3.8) is 0 Å². The molecule has 0 bridgehead atoms. The molecule has 0 rings (SSSR count). The van der Waals surface area contributed by atoms with Crippen molar-refractivity contribution in [3.05, 3.63) is 7.11 Å². The fraction of sp³-hybridized carbons (Fsp3) is 0.818. The lowest BCUT2D eigenvalue weighted by atomic mass is 10.2. The minimum absolute atomic E-state index is 0.144. The third-order valence-electron chi connectivity index (χ3n) is 2.02. The molecule has 0 aromatic heterocycles. The normalized spacial score (nSPS) is 14.9. The zero-order chi connectivity index (χ0) is 12.3. The van der Waals surface area contributed by atoms with Crippen LogP contribution < -0.4 is 0 Å². The maximum atomic E-state index is 11.9. The number of hydrogen-bond acceptors (Lipinski definition) is 3. The molecule has 0 saturated heterocycles. The van der Waals surface area contributed by atoms with Crippen LogP contribution in [0.4, 0.5) is 0 Å². The molecule has 0 fully saturated rings. The van der Waals surface area contributed by atoms with Crippen molar-refractivity contribution in [2.24, 2.45) is 0 Å². The van der Waals surface area contributed by atoms with Gasteiger partial charge in [-0.1, -0.05) is 19.6 Å². The van der Waals surface area contributed by atoms with Gasteiger partial charge < -0.3 is 9.47 Å². The molecule has 0 saturated carbocycles. The molecule has 15 heavy (non-hydrogen) atoms. The van der Waals surface area contributed by atoms with Crippen LogP contribution in [0, 0.1) is 7.11 Å². The first kappa shape index (κ1) is 14.6. The lowest BCUT2D eigenvalue weighted by Crippen LogP contribution is -2.40. The Labute approximate surface area is 94.2 Å². The molecule has 0 spiro atoms. The van der Waals surface area contributed by atoms with E-state index in [-0.39, 0.29) is 11.5 Å². The summed E-state index contributed by atoms with van der Waals surface area (Å²) >= 11 is 0. The van der Waals surface area contributed by atoms with Crippen LogP contribution in [0.1, 0.15) is 20.8 Å². The van der Waals surface area contributed by atoms with E-state index in [0.717, 1.165) is 0 Å². The molecule has 0 aromatic rings. The van der Waals surface area contributed by atoms with Crippen LogP contribution in [0.25, 0.3) is 0 Å². The summed E-state index contributed by atoms with van der Waals surface area (Å²) in [4.78, 5) is 11.9. The SMILES string of the molecule is [CH2]OCC(C(=O)OC(C)(C)C)[Si](C)(C)C. The highest BCUT2D eigenvalue weighted by Gasteiger charge is 2.36. The highest BCUT2D eigenvalue weighted by Crippen LogP contribution is 2.25. The Kier molecular flexibility index (Phi) is 5.00.